The summed E-state index contributed by atoms with van der Waals surface area (Å²) in [6.07, 6.45) is 5.46. The van der Waals surface area contributed by atoms with Gasteiger partial charge in [-0.05, 0) is 80.5 Å². The third-order valence-electron chi connectivity index (χ3n) is 6.24. The average Bonchev–Trinajstić information content (AvgIpc) is 3.17. The average molecular weight is 450 g/mol. The minimum absolute atomic E-state index is 0.0930. The molecule has 9 heteroatoms. The van der Waals surface area contributed by atoms with Crippen LogP contribution in [0, 0.1) is 16.5 Å². The van der Waals surface area contributed by atoms with E-state index in [9.17, 15) is 18.5 Å². The molecule has 2 unspecified atom stereocenters. The number of rotatable bonds is 6. The molecule has 4 rings (SSSR count). The number of nitrogens with one attached hydrogen (secondary N) is 3. The van der Waals surface area contributed by atoms with Crippen LogP contribution in [-0.4, -0.2) is 15.3 Å². The Morgan fingerprint density at radius 1 is 1.32 bits per heavy atom. The SMILES string of the molecule is CC(c1cc(F)c2c(c1NC(=O)NS(=N)(=O)c1cc(C(C)(C)O)co1)CCC2)C1CC1. The Morgan fingerprint density at radius 3 is 2.61 bits per heavy atom. The summed E-state index contributed by atoms with van der Waals surface area (Å²) in [6.45, 7) is 5.10. The summed E-state index contributed by atoms with van der Waals surface area (Å²) in [7, 11) is -3.79. The summed E-state index contributed by atoms with van der Waals surface area (Å²) >= 11 is 0. The van der Waals surface area contributed by atoms with Gasteiger partial charge < -0.3 is 14.8 Å². The molecule has 1 aromatic carbocycles. The van der Waals surface area contributed by atoms with Gasteiger partial charge in [0.15, 0.2) is 9.92 Å². The number of carbonyl (C=O) groups is 1. The highest BCUT2D eigenvalue weighted by Crippen LogP contribution is 2.47. The number of urea groups is 1. The van der Waals surface area contributed by atoms with Gasteiger partial charge in [-0.1, -0.05) is 6.92 Å². The lowest BCUT2D eigenvalue weighted by Gasteiger charge is -2.21. The van der Waals surface area contributed by atoms with E-state index >= 15 is 0 Å². The molecule has 1 aromatic heterocycles. The van der Waals surface area contributed by atoms with E-state index in [2.05, 4.69) is 10.0 Å². The molecule has 0 saturated heterocycles. The maximum atomic E-state index is 14.7. The van der Waals surface area contributed by atoms with Gasteiger partial charge in [0.05, 0.1) is 11.9 Å². The van der Waals surface area contributed by atoms with Crippen LogP contribution in [0.5, 0.6) is 0 Å². The Labute approximate surface area is 181 Å². The number of carbonyl (C=O) groups excluding carboxylic acids is 1. The number of aliphatic hydroxyl groups is 1. The van der Waals surface area contributed by atoms with Crippen LogP contribution in [0.25, 0.3) is 0 Å². The van der Waals surface area contributed by atoms with Gasteiger partial charge in [-0.2, -0.15) is 0 Å². The number of anilines is 1. The molecular formula is C22H28FN3O4S. The van der Waals surface area contributed by atoms with Crippen molar-refractivity contribution in [3.8, 4) is 0 Å². The second-order valence-corrected chi connectivity index (χ2v) is 10.8. The molecule has 1 fully saturated rings. The number of hydrogen-bond acceptors (Lipinski definition) is 5. The van der Waals surface area contributed by atoms with Gasteiger partial charge >= 0.3 is 6.03 Å². The van der Waals surface area contributed by atoms with E-state index < -0.39 is 21.5 Å². The summed E-state index contributed by atoms with van der Waals surface area (Å²) in [6, 6.07) is 2.00. The molecule has 2 aliphatic rings. The van der Waals surface area contributed by atoms with Gasteiger partial charge in [-0.25, -0.2) is 22.9 Å². The Kier molecular flexibility index (Phi) is 5.37. The maximum absolute atomic E-state index is 14.7. The van der Waals surface area contributed by atoms with Crippen molar-refractivity contribution in [2.24, 2.45) is 5.92 Å². The third kappa shape index (κ3) is 4.34. The molecule has 0 radical (unpaired) electrons. The first-order chi connectivity index (χ1) is 14.5. The van der Waals surface area contributed by atoms with Crippen molar-refractivity contribution in [3.63, 3.8) is 0 Å². The molecule has 0 bridgehead atoms. The minimum Gasteiger partial charge on any atom is -0.452 e. The van der Waals surface area contributed by atoms with Gasteiger partial charge in [-0.15, -0.1) is 0 Å². The third-order valence-corrected chi connectivity index (χ3v) is 7.49. The minimum atomic E-state index is -3.79. The van der Waals surface area contributed by atoms with E-state index in [0.717, 1.165) is 30.4 Å². The van der Waals surface area contributed by atoms with Crippen molar-refractivity contribution in [2.75, 3.05) is 5.32 Å². The number of hydrogen-bond donors (Lipinski definition) is 4. The lowest BCUT2D eigenvalue weighted by Crippen LogP contribution is -2.34. The van der Waals surface area contributed by atoms with E-state index in [-0.39, 0.29) is 16.8 Å². The lowest BCUT2D eigenvalue weighted by atomic mass is 9.90. The van der Waals surface area contributed by atoms with E-state index in [0.29, 0.717) is 35.6 Å². The van der Waals surface area contributed by atoms with Crippen LogP contribution >= 0.6 is 0 Å². The molecule has 2 amide bonds. The molecule has 1 saturated carbocycles. The Morgan fingerprint density at radius 2 is 2.00 bits per heavy atom. The van der Waals surface area contributed by atoms with E-state index in [4.69, 9.17) is 9.20 Å². The number of fused-ring (bicyclic) bond motifs is 1. The largest absolute Gasteiger partial charge is 0.452 e. The van der Waals surface area contributed by atoms with Crippen molar-refractivity contribution >= 4 is 21.6 Å². The molecule has 1 heterocycles. The fraction of sp³-hybridized carbons (Fsp3) is 0.500. The maximum Gasteiger partial charge on any atom is 0.332 e. The smallest absolute Gasteiger partial charge is 0.332 e. The van der Waals surface area contributed by atoms with Crippen LogP contribution < -0.4 is 10.0 Å². The fourth-order valence-corrected chi connectivity index (χ4v) is 5.11. The van der Waals surface area contributed by atoms with Crippen molar-refractivity contribution in [1.29, 1.82) is 4.78 Å². The Bertz CT molecular complexity index is 1130. The summed E-state index contributed by atoms with van der Waals surface area (Å²) in [5.74, 6) is 0.321. The topological polar surface area (TPSA) is 115 Å². The first-order valence-electron chi connectivity index (χ1n) is 10.5. The molecule has 168 valence electrons. The number of amides is 2. The standard InChI is InChI=1S/C22H28FN3O4S/c1-12(13-7-8-13)17-10-18(23)15-5-4-6-16(15)20(17)25-21(27)26-31(24,29)19-9-14(11-30-19)22(2,3)28/h9-13,28H,4-8H2,1-3H3,(H3,24,25,26,27,29). The number of benzene rings is 1. The molecule has 4 N–H and O–H groups in total. The molecule has 2 atom stereocenters. The molecule has 0 aliphatic heterocycles. The van der Waals surface area contributed by atoms with Crippen LogP contribution in [0.4, 0.5) is 14.9 Å². The number of halogens is 1. The van der Waals surface area contributed by atoms with Gasteiger partial charge in [0, 0.05) is 17.3 Å². The van der Waals surface area contributed by atoms with Gasteiger partial charge in [0.1, 0.15) is 5.82 Å². The fourth-order valence-electron chi connectivity index (χ4n) is 4.22. The monoisotopic (exact) mass is 449 g/mol. The van der Waals surface area contributed by atoms with Crippen LogP contribution in [0.1, 0.15) is 68.2 Å². The van der Waals surface area contributed by atoms with Crippen LogP contribution in [-0.2, 0) is 28.4 Å². The Balaban J connectivity index is 1.60. The van der Waals surface area contributed by atoms with Gasteiger partial charge in [0.2, 0.25) is 5.09 Å². The second-order valence-electron chi connectivity index (χ2n) is 9.09. The van der Waals surface area contributed by atoms with Crippen molar-refractivity contribution < 1.29 is 22.9 Å². The zero-order valence-electron chi connectivity index (χ0n) is 17.9. The van der Waals surface area contributed by atoms with Gasteiger partial charge in [0.25, 0.3) is 0 Å². The molecule has 31 heavy (non-hydrogen) atoms. The van der Waals surface area contributed by atoms with Gasteiger partial charge in [-0.3, -0.25) is 0 Å². The van der Waals surface area contributed by atoms with Crippen LogP contribution in [0.15, 0.2) is 27.9 Å². The van der Waals surface area contributed by atoms with E-state index in [1.807, 2.05) is 6.92 Å². The predicted octanol–water partition coefficient (Wildman–Crippen LogP) is 4.79. The number of furan rings is 1. The highest BCUT2D eigenvalue weighted by Gasteiger charge is 2.34. The second kappa shape index (κ2) is 7.63. The lowest BCUT2D eigenvalue weighted by molar-refractivity contribution is 0.0779. The Hall–Kier alpha value is -2.39. The molecule has 2 aromatic rings. The first kappa shape index (κ1) is 21.8. The molecule has 0 spiro atoms. The van der Waals surface area contributed by atoms with E-state index in [1.165, 1.54) is 32.2 Å². The normalized spacial score (nSPS) is 18.9. The van der Waals surface area contributed by atoms with Crippen molar-refractivity contribution in [2.45, 2.75) is 69.5 Å². The van der Waals surface area contributed by atoms with Crippen LogP contribution in [0.2, 0.25) is 0 Å². The highest BCUT2D eigenvalue weighted by atomic mass is 32.2. The van der Waals surface area contributed by atoms with Crippen LogP contribution in [0.3, 0.4) is 0 Å². The molecule has 2 aliphatic carbocycles. The quantitative estimate of drug-likeness (QED) is 0.507. The first-order valence-corrected chi connectivity index (χ1v) is 12.1. The van der Waals surface area contributed by atoms with E-state index in [1.54, 1.807) is 0 Å². The highest BCUT2D eigenvalue weighted by molar-refractivity contribution is 7.91. The zero-order chi connectivity index (χ0) is 22.6. The zero-order valence-corrected chi connectivity index (χ0v) is 18.7. The van der Waals surface area contributed by atoms with Crippen molar-refractivity contribution in [3.05, 3.63) is 46.5 Å². The molecule has 7 nitrogen and oxygen atoms in total. The summed E-state index contributed by atoms with van der Waals surface area (Å²) in [5.41, 5.74) is 1.84. The summed E-state index contributed by atoms with van der Waals surface area (Å²) in [5, 5.41) is 12.5. The summed E-state index contributed by atoms with van der Waals surface area (Å²) in [4.78, 5) is 12.7. The molecular weight excluding hydrogens is 421 g/mol. The summed E-state index contributed by atoms with van der Waals surface area (Å²) < 4.78 is 42.9. The predicted molar refractivity (Wildman–Crippen MR) is 115 cm³/mol. The van der Waals surface area contributed by atoms with Crippen molar-refractivity contribution in [1.82, 2.24) is 4.72 Å².